The highest BCUT2D eigenvalue weighted by molar-refractivity contribution is 7.89. The van der Waals surface area contributed by atoms with Gasteiger partial charge < -0.3 is 9.67 Å². The predicted octanol–water partition coefficient (Wildman–Crippen LogP) is 2.34. The number of hydrogen-bond acceptors (Lipinski definition) is 3. The molecule has 124 valence electrons. The summed E-state index contributed by atoms with van der Waals surface area (Å²) in [6.07, 6.45) is 3.79. The van der Waals surface area contributed by atoms with Crippen LogP contribution < -0.4 is 0 Å². The molecule has 0 spiro atoms. The van der Waals surface area contributed by atoms with Crippen LogP contribution in [0.5, 0.6) is 0 Å². The Labute approximate surface area is 136 Å². The zero-order valence-electron chi connectivity index (χ0n) is 13.4. The van der Waals surface area contributed by atoms with Gasteiger partial charge in [-0.25, -0.2) is 13.2 Å². The lowest BCUT2D eigenvalue weighted by atomic mass is 10.1. The molecule has 1 N–H and O–H groups in total. The number of rotatable bonds is 6. The van der Waals surface area contributed by atoms with E-state index in [1.165, 1.54) is 29.6 Å². The molecule has 0 aliphatic heterocycles. The van der Waals surface area contributed by atoms with E-state index in [-0.39, 0.29) is 17.0 Å². The van der Waals surface area contributed by atoms with Gasteiger partial charge in [0.1, 0.15) is 0 Å². The molecule has 2 aromatic rings. The van der Waals surface area contributed by atoms with E-state index in [2.05, 4.69) is 0 Å². The Balaban J connectivity index is 2.31. The highest BCUT2D eigenvalue weighted by atomic mass is 32.2. The molecule has 0 fully saturated rings. The maximum atomic E-state index is 12.7. The van der Waals surface area contributed by atoms with Crippen LogP contribution >= 0.6 is 0 Å². The van der Waals surface area contributed by atoms with E-state index in [9.17, 15) is 13.2 Å². The Morgan fingerprint density at radius 1 is 1.30 bits per heavy atom. The number of aryl methyl sites for hydroxylation is 2. The van der Waals surface area contributed by atoms with Crippen molar-refractivity contribution in [3.05, 3.63) is 53.3 Å². The minimum atomic E-state index is -3.75. The van der Waals surface area contributed by atoms with Crippen molar-refractivity contribution in [2.75, 3.05) is 7.05 Å². The molecule has 2 rings (SSSR count). The van der Waals surface area contributed by atoms with Gasteiger partial charge in [0.2, 0.25) is 10.0 Å². The zero-order chi connectivity index (χ0) is 17.2. The molecule has 0 radical (unpaired) electrons. The Bertz CT molecular complexity index is 824. The largest absolute Gasteiger partial charge is 0.478 e. The molecule has 7 heteroatoms. The van der Waals surface area contributed by atoms with E-state index in [1.54, 1.807) is 6.92 Å². The summed E-state index contributed by atoms with van der Waals surface area (Å²) in [6.45, 7) is 4.72. The van der Waals surface area contributed by atoms with Crippen molar-refractivity contribution >= 4 is 16.0 Å². The van der Waals surface area contributed by atoms with Gasteiger partial charge in [-0.1, -0.05) is 0 Å². The Morgan fingerprint density at radius 2 is 2.00 bits per heavy atom. The third-order valence-electron chi connectivity index (χ3n) is 3.59. The monoisotopic (exact) mass is 336 g/mol. The summed E-state index contributed by atoms with van der Waals surface area (Å²) >= 11 is 0. The lowest BCUT2D eigenvalue weighted by Crippen LogP contribution is -2.26. The topological polar surface area (TPSA) is 79.6 Å². The minimum absolute atomic E-state index is 0.00711. The molecule has 1 aromatic heterocycles. The van der Waals surface area contributed by atoms with E-state index in [4.69, 9.17) is 5.11 Å². The van der Waals surface area contributed by atoms with Gasteiger partial charge in [-0.2, -0.15) is 4.31 Å². The number of nitrogens with zero attached hydrogens (tertiary/aromatic N) is 2. The van der Waals surface area contributed by atoms with Crippen molar-refractivity contribution in [2.24, 2.45) is 0 Å². The van der Waals surface area contributed by atoms with Gasteiger partial charge in [-0.05, 0) is 49.2 Å². The van der Waals surface area contributed by atoms with Gasteiger partial charge in [0.15, 0.2) is 0 Å². The van der Waals surface area contributed by atoms with E-state index in [0.717, 1.165) is 12.1 Å². The van der Waals surface area contributed by atoms with E-state index in [1.807, 2.05) is 30.0 Å². The summed E-state index contributed by atoms with van der Waals surface area (Å²) in [4.78, 5) is 11.1. The summed E-state index contributed by atoms with van der Waals surface area (Å²) < 4.78 is 28.5. The first kappa shape index (κ1) is 17.2. The molecule has 0 bridgehead atoms. The van der Waals surface area contributed by atoms with Gasteiger partial charge in [-0.3, -0.25) is 0 Å². The molecule has 0 unspecified atom stereocenters. The molecule has 0 amide bonds. The zero-order valence-corrected chi connectivity index (χ0v) is 14.2. The molecule has 1 heterocycles. The van der Waals surface area contributed by atoms with Crippen LogP contribution in [0.25, 0.3) is 0 Å². The van der Waals surface area contributed by atoms with Crippen LogP contribution in [-0.2, 0) is 23.1 Å². The second-order valence-electron chi connectivity index (χ2n) is 5.45. The highest BCUT2D eigenvalue weighted by Crippen LogP contribution is 2.20. The van der Waals surface area contributed by atoms with Crippen molar-refractivity contribution in [1.29, 1.82) is 0 Å². The average molecular weight is 336 g/mol. The van der Waals surface area contributed by atoms with Crippen molar-refractivity contribution in [1.82, 2.24) is 8.87 Å². The normalized spacial score (nSPS) is 11.8. The third kappa shape index (κ3) is 3.80. The number of carbonyl (C=O) groups is 1. The Hall–Kier alpha value is -2.12. The number of hydrogen-bond donors (Lipinski definition) is 1. The van der Waals surface area contributed by atoms with Gasteiger partial charge in [0.05, 0.1) is 10.5 Å². The smallest absolute Gasteiger partial charge is 0.335 e. The Morgan fingerprint density at radius 3 is 2.57 bits per heavy atom. The molecule has 0 saturated carbocycles. The third-order valence-corrected chi connectivity index (χ3v) is 5.37. The minimum Gasteiger partial charge on any atom is -0.478 e. The van der Waals surface area contributed by atoms with Crippen LogP contribution in [0.2, 0.25) is 0 Å². The number of carboxylic acids is 1. The maximum Gasteiger partial charge on any atom is 0.335 e. The number of aromatic nitrogens is 1. The molecular weight excluding hydrogens is 316 g/mol. The molecule has 1 aromatic carbocycles. The summed E-state index contributed by atoms with van der Waals surface area (Å²) in [7, 11) is -2.26. The van der Waals surface area contributed by atoms with Crippen molar-refractivity contribution < 1.29 is 18.3 Å². The van der Waals surface area contributed by atoms with E-state index >= 15 is 0 Å². The summed E-state index contributed by atoms with van der Waals surface area (Å²) in [5, 5.41) is 9.09. The molecule has 23 heavy (non-hydrogen) atoms. The first-order chi connectivity index (χ1) is 10.7. The second kappa shape index (κ2) is 6.55. The van der Waals surface area contributed by atoms with Crippen LogP contribution in [0.3, 0.4) is 0 Å². The molecule has 0 aliphatic carbocycles. The fraction of sp³-hybridized carbons (Fsp3) is 0.312. The fourth-order valence-electron chi connectivity index (χ4n) is 2.32. The number of carboxylic acid groups (broad SMARTS) is 1. The van der Waals surface area contributed by atoms with Crippen molar-refractivity contribution in [3.8, 4) is 0 Å². The summed E-state index contributed by atoms with van der Waals surface area (Å²) in [6, 6.07) is 5.99. The SMILES string of the molecule is CCn1ccc(CN(C)S(=O)(=O)c2cc(C)cc(C(=O)O)c2)c1. The van der Waals surface area contributed by atoms with Crippen molar-refractivity contribution in [3.63, 3.8) is 0 Å². The van der Waals surface area contributed by atoms with Gasteiger partial charge in [-0.15, -0.1) is 0 Å². The highest BCUT2D eigenvalue weighted by Gasteiger charge is 2.23. The average Bonchev–Trinajstić information content (AvgIpc) is 2.94. The first-order valence-corrected chi connectivity index (χ1v) is 8.64. The maximum absolute atomic E-state index is 12.7. The summed E-state index contributed by atoms with van der Waals surface area (Å²) in [5.41, 5.74) is 1.44. The quantitative estimate of drug-likeness (QED) is 0.878. The predicted molar refractivity (Wildman–Crippen MR) is 86.9 cm³/mol. The van der Waals surface area contributed by atoms with Crippen LogP contribution in [0.4, 0.5) is 0 Å². The molecule has 0 saturated heterocycles. The standard InChI is InChI=1S/C16H20N2O4S/c1-4-18-6-5-13(11-18)10-17(3)23(21,22)15-8-12(2)7-14(9-15)16(19)20/h5-9,11H,4,10H2,1-3H3,(H,19,20). The lowest BCUT2D eigenvalue weighted by Gasteiger charge is -2.17. The molecular formula is C16H20N2O4S. The number of benzene rings is 1. The fourth-order valence-corrected chi connectivity index (χ4v) is 3.61. The number of sulfonamides is 1. The van der Waals surface area contributed by atoms with Crippen molar-refractivity contribution in [2.45, 2.75) is 31.8 Å². The first-order valence-electron chi connectivity index (χ1n) is 7.20. The van der Waals surface area contributed by atoms with E-state index < -0.39 is 16.0 Å². The Kier molecular flexibility index (Phi) is 4.91. The van der Waals surface area contributed by atoms with Crippen LogP contribution in [0.15, 0.2) is 41.6 Å². The van der Waals surface area contributed by atoms with Gasteiger partial charge >= 0.3 is 5.97 Å². The van der Waals surface area contributed by atoms with Gasteiger partial charge in [0, 0.05) is 32.5 Å². The number of aromatic carboxylic acids is 1. The van der Waals surface area contributed by atoms with E-state index in [0.29, 0.717) is 5.56 Å². The van der Waals surface area contributed by atoms with Crippen LogP contribution in [0, 0.1) is 6.92 Å². The molecule has 6 nitrogen and oxygen atoms in total. The molecule has 0 atom stereocenters. The lowest BCUT2D eigenvalue weighted by molar-refractivity contribution is 0.0696. The second-order valence-corrected chi connectivity index (χ2v) is 7.50. The van der Waals surface area contributed by atoms with Crippen LogP contribution in [0.1, 0.15) is 28.4 Å². The van der Waals surface area contributed by atoms with Gasteiger partial charge in [0.25, 0.3) is 0 Å². The summed E-state index contributed by atoms with van der Waals surface area (Å²) in [5.74, 6) is -1.15. The molecule has 0 aliphatic rings. The van der Waals surface area contributed by atoms with Crippen LogP contribution in [-0.4, -0.2) is 35.4 Å².